The monoisotopic (exact) mass is 136 g/mol. The molecule has 0 nitrogen and oxygen atoms in total. The van der Waals surface area contributed by atoms with Gasteiger partial charge in [0.1, 0.15) is 0 Å². The van der Waals surface area contributed by atoms with Crippen LogP contribution in [0.3, 0.4) is 0 Å². The van der Waals surface area contributed by atoms with Crippen molar-refractivity contribution in [2.45, 2.75) is 27.7 Å². The van der Waals surface area contributed by atoms with Crippen molar-refractivity contribution in [1.29, 1.82) is 0 Å². The van der Waals surface area contributed by atoms with Crippen molar-refractivity contribution in [2.24, 2.45) is 0 Å². The van der Waals surface area contributed by atoms with Crippen LogP contribution in [0.5, 0.6) is 0 Å². The molecule has 0 bridgehead atoms. The van der Waals surface area contributed by atoms with Gasteiger partial charge in [0.15, 0.2) is 0 Å². The van der Waals surface area contributed by atoms with Crippen molar-refractivity contribution in [3.8, 4) is 0 Å². The molecule has 0 saturated carbocycles. The first-order valence-corrected chi connectivity index (χ1v) is 3.58. The smallest absolute Gasteiger partial charge is 0.0439 e. The molecular weight excluding hydrogens is 120 g/mol. The fourth-order valence-electron chi connectivity index (χ4n) is 0.496. The lowest BCUT2D eigenvalue weighted by atomic mass is 10.3. The van der Waals surface area contributed by atoms with Crippen molar-refractivity contribution in [1.82, 2.24) is 0 Å². The molecule has 0 aromatic carbocycles. The zero-order valence-electron chi connectivity index (χ0n) is 7.31. The largest absolute Gasteiger partial charge is 0.0764 e. The molecule has 0 fully saturated rings. The maximum absolute atomic E-state index is 2.10. The minimum absolute atomic E-state index is 1.33. The van der Waals surface area contributed by atoms with E-state index in [0.29, 0.717) is 0 Å². The predicted octanol–water partition coefficient (Wildman–Crippen LogP) is 3.48. The minimum atomic E-state index is 1.33. The number of rotatable bonds is 2. The van der Waals surface area contributed by atoms with Gasteiger partial charge in [0, 0.05) is 0 Å². The SMILES string of the molecule is CC(C)=C/C=C\C=C(C)C. The van der Waals surface area contributed by atoms with Crippen molar-refractivity contribution < 1.29 is 0 Å². The molecule has 0 aliphatic rings. The Labute approximate surface area is 64.0 Å². The molecule has 0 aromatic heterocycles. The van der Waals surface area contributed by atoms with Gasteiger partial charge in [-0.3, -0.25) is 0 Å². The van der Waals surface area contributed by atoms with Gasteiger partial charge in [-0.05, 0) is 27.7 Å². The van der Waals surface area contributed by atoms with Gasteiger partial charge in [-0.2, -0.15) is 0 Å². The van der Waals surface area contributed by atoms with E-state index in [2.05, 4.69) is 52.0 Å². The summed E-state index contributed by atoms with van der Waals surface area (Å²) < 4.78 is 0. The normalized spacial score (nSPS) is 9.60. The molecule has 0 rings (SSSR count). The molecule has 0 radical (unpaired) electrons. The van der Waals surface area contributed by atoms with E-state index >= 15 is 0 Å². The lowest BCUT2D eigenvalue weighted by Crippen LogP contribution is -1.60. The molecule has 0 saturated heterocycles. The van der Waals surface area contributed by atoms with E-state index in [0.717, 1.165) is 0 Å². The van der Waals surface area contributed by atoms with Crippen LogP contribution in [-0.2, 0) is 0 Å². The van der Waals surface area contributed by atoms with Crippen molar-refractivity contribution >= 4 is 0 Å². The van der Waals surface area contributed by atoms with Crippen LogP contribution in [0.25, 0.3) is 0 Å². The Morgan fingerprint density at radius 3 is 1.20 bits per heavy atom. The van der Waals surface area contributed by atoms with Gasteiger partial charge < -0.3 is 0 Å². The van der Waals surface area contributed by atoms with Crippen LogP contribution >= 0.6 is 0 Å². The van der Waals surface area contributed by atoms with Crippen LogP contribution in [0.4, 0.5) is 0 Å². The summed E-state index contributed by atoms with van der Waals surface area (Å²) >= 11 is 0. The van der Waals surface area contributed by atoms with Gasteiger partial charge >= 0.3 is 0 Å². The highest BCUT2D eigenvalue weighted by molar-refractivity contribution is 5.16. The van der Waals surface area contributed by atoms with Crippen LogP contribution in [-0.4, -0.2) is 0 Å². The molecule has 0 aliphatic carbocycles. The average Bonchev–Trinajstić information content (AvgIpc) is 1.79. The highest BCUT2D eigenvalue weighted by Gasteiger charge is 1.70. The minimum Gasteiger partial charge on any atom is -0.0764 e. The molecule has 0 unspecified atom stereocenters. The predicted molar refractivity (Wildman–Crippen MR) is 48.0 cm³/mol. The lowest BCUT2D eigenvalue weighted by Gasteiger charge is -1.82. The standard InChI is InChI=1S/C10H16/c1-9(2)7-5-6-8-10(3)4/h5-8H,1-4H3/b6-5-. The van der Waals surface area contributed by atoms with Gasteiger partial charge in [0.25, 0.3) is 0 Å². The molecule has 0 aliphatic heterocycles. The Kier molecular flexibility index (Phi) is 4.65. The molecule has 0 aromatic rings. The maximum Gasteiger partial charge on any atom is -0.0439 e. The zero-order chi connectivity index (χ0) is 7.98. The molecule has 56 valence electrons. The van der Waals surface area contributed by atoms with Gasteiger partial charge in [-0.15, -0.1) is 0 Å². The summed E-state index contributed by atoms with van der Waals surface area (Å²) in [4.78, 5) is 0. The molecule has 0 amide bonds. The summed E-state index contributed by atoms with van der Waals surface area (Å²) in [6.45, 7) is 8.36. The summed E-state index contributed by atoms with van der Waals surface area (Å²) in [5, 5.41) is 0. The summed E-state index contributed by atoms with van der Waals surface area (Å²) in [7, 11) is 0. The number of allylic oxidation sites excluding steroid dienone is 6. The first-order valence-electron chi connectivity index (χ1n) is 3.58. The third kappa shape index (κ3) is 7.22. The van der Waals surface area contributed by atoms with E-state index in [1.54, 1.807) is 0 Å². The van der Waals surface area contributed by atoms with Crippen LogP contribution in [0.1, 0.15) is 27.7 Å². The van der Waals surface area contributed by atoms with Crippen LogP contribution in [0, 0.1) is 0 Å². The summed E-state index contributed by atoms with van der Waals surface area (Å²) in [6, 6.07) is 0. The van der Waals surface area contributed by atoms with Crippen molar-refractivity contribution in [3.63, 3.8) is 0 Å². The lowest BCUT2D eigenvalue weighted by molar-refractivity contribution is 1.38. The number of hydrogen-bond acceptors (Lipinski definition) is 0. The van der Waals surface area contributed by atoms with Gasteiger partial charge in [-0.25, -0.2) is 0 Å². The fourth-order valence-corrected chi connectivity index (χ4v) is 0.496. The maximum atomic E-state index is 2.10. The third-order valence-corrected chi connectivity index (χ3v) is 0.970. The highest BCUT2D eigenvalue weighted by atomic mass is 13.8. The van der Waals surface area contributed by atoms with Crippen LogP contribution in [0.2, 0.25) is 0 Å². The molecule has 0 N–H and O–H groups in total. The van der Waals surface area contributed by atoms with E-state index in [-0.39, 0.29) is 0 Å². The third-order valence-electron chi connectivity index (χ3n) is 0.970. The Hall–Kier alpha value is -0.780. The Morgan fingerprint density at radius 1 is 0.700 bits per heavy atom. The molecule has 0 heteroatoms. The fraction of sp³-hybridized carbons (Fsp3) is 0.400. The van der Waals surface area contributed by atoms with Crippen molar-refractivity contribution in [3.05, 3.63) is 35.5 Å². The second kappa shape index (κ2) is 5.04. The van der Waals surface area contributed by atoms with Crippen molar-refractivity contribution in [2.75, 3.05) is 0 Å². The zero-order valence-corrected chi connectivity index (χ0v) is 7.31. The Bertz CT molecular complexity index is 140. The second-order valence-corrected chi connectivity index (χ2v) is 2.87. The van der Waals surface area contributed by atoms with E-state index in [1.165, 1.54) is 11.1 Å². The van der Waals surface area contributed by atoms with E-state index in [4.69, 9.17) is 0 Å². The Morgan fingerprint density at radius 2 is 1.00 bits per heavy atom. The summed E-state index contributed by atoms with van der Waals surface area (Å²) in [6.07, 6.45) is 8.31. The highest BCUT2D eigenvalue weighted by Crippen LogP contribution is 1.92. The first-order chi connectivity index (χ1) is 4.63. The molecule has 0 heterocycles. The van der Waals surface area contributed by atoms with E-state index in [9.17, 15) is 0 Å². The van der Waals surface area contributed by atoms with Crippen LogP contribution in [0.15, 0.2) is 35.5 Å². The van der Waals surface area contributed by atoms with E-state index < -0.39 is 0 Å². The van der Waals surface area contributed by atoms with Gasteiger partial charge in [0.05, 0.1) is 0 Å². The summed E-state index contributed by atoms with van der Waals surface area (Å²) in [5.41, 5.74) is 2.66. The van der Waals surface area contributed by atoms with Gasteiger partial charge in [-0.1, -0.05) is 35.5 Å². The second-order valence-electron chi connectivity index (χ2n) is 2.87. The first kappa shape index (κ1) is 9.22. The van der Waals surface area contributed by atoms with E-state index in [1.807, 2.05) is 0 Å². The topological polar surface area (TPSA) is 0 Å². The molecule has 10 heavy (non-hydrogen) atoms. The van der Waals surface area contributed by atoms with Crippen LogP contribution < -0.4 is 0 Å². The number of hydrogen-bond donors (Lipinski definition) is 0. The Balaban J connectivity index is 3.80. The molecule has 0 spiro atoms. The molecular formula is C10H16. The average molecular weight is 136 g/mol. The molecule has 0 atom stereocenters. The quantitative estimate of drug-likeness (QED) is 0.510. The van der Waals surface area contributed by atoms with Gasteiger partial charge in [0.2, 0.25) is 0 Å². The summed E-state index contributed by atoms with van der Waals surface area (Å²) in [5.74, 6) is 0.